The van der Waals surface area contributed by atoms with E-state index in [1.807, 2.05) is 38.1 Å². The van der Waals surface area contributed by atoms with Crippen molar-refractivity contribution in [2.24, 2.45) is 0 Å². The van der Waals surface area contributed by atoms with Gasteiger partial charge in [0, 0.05) is 55.3 Å². The van der Waals surface area contributed by atoms with Crippen molar-refractivity contribution in [3.63, 3.8) is 0 Å². The molecule has 0 unspecified atom stereocenters. The molecular formula is C29H32ClFN4O. The van der Waals surface area contributed by atoms with Crippen molar-refractivity contribution in [3.8, 4) is 0 Å². The Labute approximate surface area is 217 Å². The molecule has 4 rings (SSSR count). The number of hydrogen-bond donors (Lipinski definition) is 1. The van der Waals surface area contributed by atoms with Crippen LogP contribution in [-0.4, -0.2) is 37.0 Å². The quantitative estimate of drug-likeness (QED) is 0.456. The van der Waals surface area contributed by atoms with Crippen LogP contribution in [0.1, 0.15) is 25.8 Å². The first-order valence-electron chi connectivity index (χ1n) is 12.2. The molecule has 2 aromatic carbocycles. The van der Waals surface area contributed by atoms with Crippen LogP contribution in [0, 0.1) is 0 Å². The van der Waals surface area contributed by atoms with Crippen LogP contribution in [0.5, 0.6) is 0 Å². The summed E-state index contributed by atoms with van der Waals surface area (Å²) in [5.74, 6) is -0.700. The summed E-state index contributed by atoms with van der Waals surface area (Å²) >= 11 is 6.01. The van der Waals surface area contributed by atoms with Crippen molar-refractivity contribution in [2.45, 2.75) is 26.8 Å². The van der Waals surface area contributed by atoms with E-state index < -0.39 is 5.83 Å². The van der Waals surface area contributed by atoms with Crippen LogP contribution in [0.15, 0.2) is 96.3 Å². The lowest BCUT2D eigenvalue weighted by atomic mass is 10.1. The van der Waals surface area contributed by atoms with E-state index in [9.17, 15) is 9.18 Å². The number of benzene rings is 2. The largest absolute Gasteiger partial charge is 0.368 e. The van der Waals surface area contributed by atoms with E-state index in [2.05, 4.69) is 46.0 Å². The monoisotopic (exact) mass is 506 g/mol. The van der Waals surface area contributed by atoms with Crippen molar-refractivity contribution in [1.29, 1.82) is 0 Å². The van der Waals surface area contributed by atoms with E-state index in [4.69, 9.17) is 11.6 Å². The maximum Gasteiger partial charge on any atom is 0.268 e. The van der Waals surface area contributed by atoms with Gasteiger partial charge in [-0.1, -0.05) is 37.2 Å². The number of nitrogens with zero attached hydrogens (tertiary/aromatic N) is 3. The smallest absolute Gasteiger partial charge is 0.268 e. The predicted molar refractivity (Wildman–Crippen MR) is 146 cm³/mol. The SMILES string of the molecule is C=C1C(F)=CC=CN1/C(C(=O)NCc1ccc(N2CCN(c3ccc(Cl)cc3)CC2)cc1)=C(\C)CC. The zero-order valence-electron chi connectivity index (χ0n) is 20.8. The Morgan fingerprint density at radius 3 is 2.11 bits per heavy atom. The predicted octanol–water partition coefficient (Wildman–Crippen LogP) is 6.16. The topological polar surface area (TPSA) is 38.8 Å². The van der Waals surface area contributed by atoms with Gasteiger partial charge < -0.3 is 20.0 Å². The fraction of sp³-hybridized carbons (Fsp3) is 0.276. The van der Waals surface area contributed by atoms with Gasteiger partial charge in [-0.05, 0) is 73.0 Å². The number of piperazine rings is 1. The molecule has 2 aromatic rings. The Morgan fingerprint density at radius 1 is 1.00 bits per heavy atom. The molecule has 188 valence electrons. The summed E-state index contributed by atoms with van der Waals surface area (Å²) in [6.07, 6.45) is 5.26. The molecule has 7 heteroatoms. The van der Waals surface area contributed by atoms with Crippen molar-refractivity contribution >= 4 is 28.9 Å². The minimum atomic E-state index is -0.448. The highest BCUT2D eigenvalue weighted by molar-refractivity contribution is 6.30. The van der Waals surface area contributed by atoms with Crippen LogP contribution in [0.4, 0.5) is 15.8 Å². The number of halogens is 2. The lowest BCUT2D eigenvalue weighted by molar-refractivity contribution is -0.118. The molecule has 0 aromatic heterocycles. The molecule has 1 amide bonds. The highest BCUT2D eigenvalue weighted by atomic mass is 35.5. The van der Waals surface area contributed by atoms with Gasteiger partial charge in [0.15, 0.2) is 0 Å². The minimum Gasteiger partial charge on any atom is -0.368 e. The van der Waals surface area contributed by atoms with Gasteiger partial charge in [0.2, 0.25) is 0 Å². The molecule has 36 heavy (non-hydrogen) atoms. The molecule has 2 heterocycles. The first-order valence-corrected chi connectivity index (χ1v) is 12.6. The van der Waals surface area contributed by atoms with Crippen molar-refractivity contribution < 1.29 is 9.18 Å². The molecule has 5 nitrogen and oxygen atoms in total. The normalized spacial score (nSPS) is 16.6. The Bertz CT molecular complexity index is 1190. The number of nitrogens with one attached hydrogen (secondary N) is 1. The van der Waals surface area contributed by atoms with Gasteiger partial charge in [0.05, 0.1) is 5.70 Å². The average molecular weight is 507 g/mol. The molecular weight excluding hydrogens is 475 g/mol. The highest BCUT2D eigenvalue weighted by Gasteiger charge is 2.24. The molecule has 0 aliphatic carbocycles. The van der Waals surface area contributed by atoms with E-state index >= 15 is 0 Å². The second kappa shape index (κ2) is 11.5. The number of amides is 1. The van der Waals surface area contributed by atoms with E-state index in [1.165, 1.54) is 22.4 Å². The van der Waals surface area contributed by atoms with Gasteiger partial charge in [-0.25, -0.2) is 4.39 Å². The van der Waals surface area contributed by atoms with Gasteiger partial charge >= 0.3 is 0 Å². The fourth-order valence-electron chi connectivity index (χ4n) is 4.37. The molecule has 0 spiro atoms. The third kappa shape index (κ3) is 5.82. The summed E-state index contributed by atoms with van der Waals surface area (Å²) < 4.78 is 14.1. The van der Waals surface area contributed by atoms with Gasteiger partial charge in [-0.2, -0.15) is 0 Å². The standard InChI is InChI=1S/C29H32ClFN4O/c1-4-21(2)28(35-15-5-6-27(31)22(35)3)29(36)32-20-23-7-11-25(12-8-23)33-16-18-34(19-17-33)26-13-9-24(30)10-14-26/h5-15H,3-4,16-20H2,1-2H3,(H,32,36)/b28-21+. The van der Waals surface area contributed by atoms with Gasteiger partial charge in [-0.15, -0.1) is 0 Å². The third-order valence-electron chi connectivity index (χ3n) is 6.66. The van der Waals surface area contributed by atoms with E-state index in [1.54, 1.807) is 12.3 Å². The average Bonchev–Trinajstić information content (AvgIpc) is 2.91. The number of carbonyl (C=O) groups excluding carboxylic acids is 1. The lowest BCUT2D eigenvalue weighted by Gasteiger charge is -2.37. The van der Waals surface area contributed by atoms with Crippen LogP contribution >= 0.6 is 11.6 Å². The third-order valence-corrected chi connectivity index (χ3v) is 6.91. The van der Waals surface area contributed by atoms with Crippen LogP contribution in [-0.2, 0) is 11.3 Å². The van der Waals surface area contributed by atoms with E-state index in [0.29, 0.717) is 18.7 Å². The maximum atomic E-state index is 14.1. The summed E-state index contributed by atoms with van der Waals surface area (Å²) in [5.41, 5.74) is 4.80. The highest BCUT2D eigenvalue weighted by Crippen LogP contribution is 2.27. The Morgan fingerprint density at radius 2 is 1.56 bits per heavy atom. The van der Waals surface area contributed by atoms with Gasteiger partial charge in [0.25, 0.3) is 5.91 Å². The Kier molecular flexibility index (Phi) is 8.16. The number of allylic oxidation sites excluding steroid dienone is 4. The number of rotatable bonds is 7. The van der Waals surface area contributed by atoms with Crippen LogP contribution < -0.4 is 15.1 Å². The van der Waals surface area contributed by atoms with Crippen molar-refractivity contribution in [1.82, 2.24) is 10.2 Å². The van der Waals surface area contributed by atoms with Gasteiger partial charge in [-0.3, -0.25) is 4.79 Å². The number of carbonyl (C=O) groups is 1. The molecule has 1 fully saturated rings. The van der Waals surface area contributed by atoms with Crippen LogP contribution in [0.3, 0.4) is 0 Å². The Hall–Kier alpha value is -3.51. The first kappa shape index (κ1) is 25.6. The molecule has 1 N–H and O–H groups in total. The summed E-state index contributed by atoms with van der Waals surface area (Å²) in [6, 6.07) is 16.3. The maximum absolute atomic E-state index is 14.1. The van der Waals surface area contributed by atoms with Crippen molar-refractivity contribution in [3.05, 3.63) is 107 Å². The second-order valence-electron chi connectivity index (χ2n) is 8.95. The first-order chi connectivity index (χ1) is 17.4. The zero-order valence-corrected chi connectivity index (χ0v) is 21.6. The summed E-state index contributed by atoms with van der Waals surface area (Å²) in [7, 11) is 0. The number of hydrogen-bond acceptors (Lipinski definition) is 4. The summed E-state index contributed by atoms with van der Waals surface area (Å²) in [4.78, 5) is 19.4. The second-order valence-corrected chi connectivity index (χ2v) is 9.39. The van der Waals surface area contributed by atoms with E-state index in [0.717, 1.165) is 42.3 Å². The number of anilines is 2. The molecule has 1 saturated heterocycles. The minimum absolute atomic E-state index is 0.163. The zero-order chi connectivity index (χ0) is 25.7. The van der Waals surface area contributed by atoms with Gasteiger partial charge in [0.1, 0.15) is 11.5 Å². The van der Waals surface area contributed by atoms with Crippen LogP contribution in [0.25, 0.3) is 0 Å². The molecule has 2 aliphatic heterocycles. The van der Waals surface area contributed by atoms with Crippen molar-refractivity contribution in [2.75, 3.05) is 36.0 Å². The molecule has 0 bridgehead atoms. The summed E-state index contributed by atoms with van der Waals surface area (Å²) in [5, 5.41) is 3.74. The van der Waals surface area contributed by atoms with Crippen LogP contribution in [0.2, 0.25) is 5.02 Å². The molecule has 0 saturated carbocycles. The summed E-state index contributed by atoms with van der Waals surface area (Å²) in [6.45, 7) is 11.8. The fourth-order valence-corrected chi connectivity index (χ4v) is 4.49. The van der Waals surface area contributed by atoms with E-state index in [-0.39, 0.29) is 11.6 Å². The lowest BCUT2D eigenvalue weighted by Crippen LogP contribution is -2.46. The molecule has 0 radical (unpaired) electrons. The Balaban J connectivity index is 1.34. The molecule has 0 atom stereocenters. The molecule has 2 aliphatic rings.